The van der Waals surface area contributed by atoms with Crippen LogP contribution in [0.4, 0.5) is 19.0 Å². The van der Waals surface area contributed by atoms with Crippen LogP contribution in [0.5, 0.6) is 0 Å². The van der Waals surface area contributed by atoms with Crippen molar-refractivity contribution >= 4 is 21.4 Å². The van der Waals surface area contributed by atoms with E-state index in [1.807, 2.05) is 4.90 Å². The Bertz CT molecular complexity index is 1310. The number of alkyl halides is 3. The summed E-state index contributed by atoms with van der Waals surface area (Å²) < 4.78 is 63.1. The van der Waals surface area contributed by atoms with E-state index in [0.29, 0.717) is 13.1 Å². The van der Waals surface area contributed by atoms with E-state index in [0.717, 1.165) is 63.8 Å². The smallest absolute Gasteiger partial charge is 0.388 e. The maximum Gasteiger partial charge on any atom is 0.485 e. The van der Waals surface area contributed by atoms with Crippen LogP contribution < -0.4 is 15.4 Å². The first-order chi connectivity index (χ1) is 19.7. The van der Waals surface area contributed by atoms with Gasteiger partial charge in [-0.25, -0.2) is 8.42 Å². The Kier molecular flexibility index (Phi) is 12.0. The topological polar surface area (TPSA) is 116 Å². The molecule has 0 aromatic carbocycles. The van der Waals surface area contributed by atoms with E-state index < -0.39 is 27.9 Å². The molecule has 0 saturated heterocycles. The number of anilines is 1. The molecule has 0 saturated carbocycles. The molecule has 2 heterocycles. The third-order valence-corrected chi connectivity index (χ3v) is 8.66. The molecule has 1 aromatic rings. The summed E-state index contributed by atoms with van der Waals surface area (Å²) in [6.45, 7) is 5.77. The molecule has 2 aliphatic rings. The molecular weight excluding hydrogens is 571 g/mol. The second-order valence-corrected chi connectivity index (χ2v) is 13.4. The summed E-state index contributed by atoms with van der Waals surface area (Å²) in [5.74, 6) is -2.20. The molecule has 1 aliphatic heterocycles. The molecule has 0 unspecified atom stereocenters. The minimum absolute atomic E-state index is 0.0421. The van der Waals surface area contributed by atoms with Crippen LogP contribution in [0, 0.1) is 0 Å². The van der Waals surface area contributed by atoms with Gasteiger partial charge in [0.15, 0.2) is 5.78 Å². The maximum atomic E-state index is 13.1. The lowest BCUT2D eigenvalue weighted by Gasteiger charge is -2.24. The number of unbranched alkanes of at least 4 members (excludes halogenated alkanes) is 1. The number of carbonyl (C=O) groups is 1. The van der Waals surface area contributed by atoms with Crippen molar-refractivity contribution in [3.63, 3.8) is 0 Å². The predicted octanol–water partition coefficient (Wildman–Crippen LogP) is 4.21. The number of ketones is 1. The second kappa shape index (κ2) is 15.0. The van der Waals surface area contributed by atoms with E-state index in [2.05, 4.69) is 34.7 Å². The fraction of sp³-hybridized carbons (Fsp3) is 0.621. The lowest BCUT2D eigenvalue weighted by atomic mass is 9.91. The van der Waals surface area contributed by atoms with Gasteiger partial charge in [0, 0.05) is 44.1 Å². The standard InChI is InChI=1S/C29H42F3N5O4S/c1-21-9-12-26-24(8-6-15-33-26)11-10-23(21)7-4-5-17-36(19-20-42(3,40)41)18-14-25(22(2)38)35-27-13-16-34-28(37(27)39)29(30,31)32/h10-11,13,16,25,33,39H,4-9,12,14-15,17-20H2,1-3H3/p+1/t25-/m0/s1. The highest BCUT2D eigenvalue weighted by molar-refractivity contribution is 7.90. The summed E-state index contributed by atoms with van der Waals surface area (Å²) in [4.78, 5) is 17.5. The van der Waals surface area contributed by atoms with Gasteiger partial charge in [-0.1, -0.05) is 17.7 Å². The molecule has 0 radical (unpaired) electrons. The van der Waals surface area contributed by atoms with Gasteiger partial charge in [-0.15, -0.1) is 4.98 Å². The van der Waals surface area contributed by atoms with Crippen molar-refractivity contribution in [3.05, 3.63) is 52.7 Å². The molecule has 0 fully saturated rings. The van der Waals surface area contributed by atoms with Gasteiger partial charge in [-0.05, 0) is 81.2 Å². The minimum atomic E-state index is -4.88. The minimum Gasteiger partial charge on any atom is -0.388 e. The van der Waals surface area contributed by atoms with E-state index in [1.54, 1.807) is 0 Å². The molecule has 3 rings (SSSR count). The van der Waals surface area contributed by atoms with Crippen LogP contribution in [-0.2, 0) is 20.8 Å². The van der Waals surface area contributed by atoms with Gasteiger partial charge in [0.05, 0.1) is 5.75 Å². The van der Waals surface area contributed by atoms with Crippen molar-refractivity contribution in [3.8, 4) is 0 Å². The lowest BCUT2D eigenvalue weighted by Crippen LogP contribution is -2.46. The molecule has 3 N–H and O–H groups in total. The van der Waals surface area contributed by atoms with E-state index in [9.17, 15) is 31.6 Å². The van der Waals surface area contributed by atoms with Gasteiger partial charge in [0.1, 0.15) is 22.1 Å². The first kappa shape index (κ1) is 33.6. The molecular formula is C29H43F3N5O4S+. The number of hydrogen-bond acceptors (Lipinski definition) is 8. The van der Waals surface area contributed by atoms with Crippen LogP contribution >= 0.6 is 0 Å². The zero-order valence-corrected chi connectivity index (χ0v) is 25.5. The number of rotatable bonds is 14. The van der Waals surface area contributed by atoms with Crippen LogP contribution in [0.1, 0.15) is 71.0 Å². The Morgan fingerprint density at radius 1 is 1.19 bits per heavy atom. The van der Waals surface area contributed by atoms with Crippen LogP contribution in [0.25, 0.3) is 0 Å². The molecule has 0 spiro atoms. The fourth-order valence-electron chi connectivity index (χ4n) is 5.20. The van der Waals surface area contributed by atoms with Crippen LogP contribution in [0.15, 0.2) is 46.8 Å². The van der Waals surface area contributed by atoms with Gasteiger partial charge in [0.2, 0.25) is 0 Å². The predicted molar refractivity (Wildman–Crippen MR) is 155 cm³/mol. The average molecular weight is 615 g/mol. The quantitative estimate of drug-likeness (QED) is 0.162. The van der Waals surface area contributed by atoms with Crippen LogP contribution in [0.3, 0.4) is 0 Å². The summed E-state index contributed by atoms with van der Waals surface area (Å²) in [6, 6.07) is 0.254. The van der Waals surface area contributed by atoms with Crippen molar-refractivity contribution in [1.29, 1.82) is 0 Å². The highest BCUT2D eigenvalue weighted by Gasteiger charge is 2.43. The van der Waals surface area contributed by atoms with E-state index >= 15 is 0 Å². The number of nitrogens with one attached hydrogen (secondary N) is 2. The fourth-order valence-corrected chi connectivity index (χ4v) is 5.79. The van der Waals surface area contributed by atoms with Crippen molar-refractivity contribution in [2.24, 2.45) is 0 Å². The zero-order valence-electron chi connectivity index (χ0n) is 24.6. The molecule has 42 heavy (non-hydrogen) atoms. The summed E-state index contributed by atoms with van der Waals surface area (Å²) >= 11 is 0. The summed E-state index contributed by atoms with van der Waals surface area (Å²) in [5, 5.41) is 16.3. The van der Waals surface area contributed by atoms with Gasteiger partial charge in [-0.3, -0.25) is 10.1 Å². The Morgan fingerprint density at radius 2 is 1.95 bits per heavy atom. The summed E-state index contributed by atoms with van der Waals surface area (Å²) in [7, 11) is -3.22. The van der Waals surface area contributed by atoms with Crippen molar-refractivity contribution in [2.45, 2.75) is 77.4 Å². The van der Waals surface area contributed by atoms with Gasteiger partial charge < -0.3 is 15.4 Å². The molecule has 0 bridgehead atoms. The third-order valence-electron chi connectivity index (χ3n) is 7.74. The molecule has 234 valence electrons. The number of carbonyl (C=O) groups excluding carboxylic acids is 1. The summed E-state index contributed by atoms with van der Waals surface area (Å²) in [5.41, 5.74) is 5.46. The first-order valence-corrected chi connectivity index (χ1v) is 16.5. The number of sulfone groups is 1. The first-order valence-electron chi connectivity index (χ1n) is 14.4. The maximum absolute atomic E-state index is 13.1. The molecule has 1 atom stereocenters. The number of hydrogen-bond donors (Lipinski definition) is 3. The SMILES string of the molecule is CC(=O)[C@H](CCN(CCCCC1=C(C)CCC2=C(C=C1)CCCN2)CCS(C)(=O)=O)Nc1ccnc(C(F)(F)F)[n+]1O. The Balaban J connectivity index is 1.60. The lowest BCUT2D eigenvalue weighted by molar-refractivity contribution is -0.906. The number of nitrogens with zero attached hydrogens (tertiary/aromatic N) is 3. The molecule has 0 amide bonds. The number of aromatic nitrogens is 2. The van der Waals surface area contributed by atoms with Crippen molar-refractivity contribution < 1.29 is 36.3 Å². The van der Waals surface area contributed by atoms with Gasteiger partial charge in [0.25, 0.3) is 5.82 Å². The van der Waals surface area contributed by atoms with Gasteiger partial charge in [-0.2, -0.15) is 13.2 Å². The van der Waals surface area contributed by atoms with E-state index in [-0.39, 0.29) is 35.0 Å². The highest BCUT2D eigenvalue weighted by Crippen LogP contribution is 2.28. The average Bonchev–Trinajstić information content (AvgIpc) is 2.90. The zero-order chi connectivity index (χ0) is 30.9. The second-order valence-electron chi connectivity index (χ2n) is 11.2. The third kappa shape index (κ3) is 10.4. The van der Waals surface area contributed by atoms with Crippen LogP contribution in [0.2, 0.25) is 0 Å². The number of allylic oxidation sites excluding steroid dienone is 6. The van der Waals surface area contributed by atoms with Crippen molar-refractivity contribution in [1.82, 2.24) is 15.2 Å². The molecule has 1 aliphatic carbocycles. The van der Waals surface area contributed by atoms with Crippen molar-refractivity contribution in [2.75, 3.05) is 43.5 Å². The largest absolute Gasteiger partial charge is 0.485 e. The Morgan fingerprint density at radius 3 is 2.64 bits per heavy atom. The molecule has 1 aromatic heterocycles. The Labute approximate surface area is 246 Å². The number of Topliss-reactive ketones (excluding diaryl/α,β-unsaturated/α-hetero) is 1. The normalized spacial score (nSPS) is 17.0. The van der Waals surface area contributed by atoms with Crippen LogP contribution in [-0.4, -0.2) is 73.5 Å². The van der Waals surface area contributed by atoms with E-state index in [4.69, 9.17) is 0 Å². The molecule has 9 nitrogen and oxygen atoms in total. The van der Waals surface area contributed by atoms with E-state index in [1.165, 1.54) is 35.6 Å². The number of halogens is 3. The molecule has 13 heteroatoms. The monoisotopic (exact) mass is 614 g/mol. The Hall–Kier alpha value is -2.93. The summed E-state index contributed by atoms with van der Waals surface area (Å²) in [6.07, 6.45) is 8.79. The van der Waals surface area contributed by atoms with Gasteiger partial charge >= 0.3 is 12.0 Å². The highest BCUT2D eigenvalue weighted by atomic mass is 32.2.